The van der Waals surface area contributed by atoms with Crippen LogP contribution < -0.4 is 0 Å². The smallest absolute Gasteiger partial charge is 0.328 e. The molecule has 1 atom stereocenters. The number of carbonyl (C=O) groups excluding carboxylic acids is 1. The summed E-state index contributed by atoms with van der Waals surface area (Å²) in [5, 5.41) is 0. The Morgan fingerprint density at radius 2 is 1.80 bits per heavy atom. The number of hydrogen-bond acceptors (Lipinski definition) is 3. The molecular weight excluding hydrogens is 250 g/mol. The zero-order valence-electron chi connectivity index (χ0n) is 12.5. The van der Waals surface area contributed by atoms with Crippen LogP contribution in [0.1, 0.15) is 44.7 Å². The summed E-state index contributed by atoms with van der Waals surface area (Å²) in [6, 6.07) is 9.77. The molecule has 0 spiro atoms. The molecule has 2 rings (SSSR count). The van der Waals surface area contributed by atoms with Crippen molar-refractivity contribution in [2.45, 2.75) is 39.2 Å². The van der Waals surface area contributed by atoms with Crippen molar-refractivity contribution < 1.29 is 9.53 Å². The van der Waals surface area contributed by atoms with Crippen LogP contribution >= 0.6 is 0 Å². The number of nitrogens with zero attached hydrogens (tertiary/aromatic N) is 1. The maximum absolute atomic E-state index is 12.5. The van der Waals surface area contributed by atoms with Crippen molar-refractivity contribution in [1.29, 1.82) is 0 Å². The number of esters is 1. The summed E-state index contributed by atoms with van der Waals surface area (Å²) in [5.74, 6) is 0.267. The molecule has 1 heterocycles. The second kappa shape index (κ2) is 7.44. The van der Waals surface area contributed by atoms with E-state index in [9.17, 15) is 4.79 Å². The third-order valence-electron chi connectivity index (χ3n) is 3.65. The Labute approximate surface area is 121 Å². The van der Waals surface area contributed by atoms with Gasteiger partial charge >= 0.3 is 5.97 Å². The van der Waals surface area contributed by atoms with E-state index in [1.54, 1.807) is 0 Å². The van der Waals surface area contributed by atoms with Gasteiger partial charge in [-0.2, -0.15) is 0 Å². The fourth-order valence-electron chi connectivity index (χ4n) is 2.64. The lowest BCUT2D eigenvalue weighted by Gasteiger charge is -2.33. The second-order valence-electron chi connectivity index (χ2n) is 5.93. The Morgan fingerprint density at radius 1 is 1.15 bits per heavy atom. The first-order valence-electron chi connectivity index (χ1n) is 7.64. The lowest BCUT2D eigenvalue weighted by atomic mass is 10.0. The Balaban J connectivity index is 2.13. The zero-order valence-corrected chi connectivity index (χ0v) is 12.5. The summed E-state index contributed by atoms with van der Waals surface area (Å²) < 4.78 is 5.49. The van der Waals surface area contributed by atoms with E-state index in [0.717, 1.165) is 18.7 Å². The van der Waals surface area contributed by atoms with E-state index in [1.807, 2.05) is 30.3 Å². The van der Waals surface area contributed by atoms with Gasteiger partial charge in [-0.15, -0.1) is 0 Å². The van der Waals surface area contributed by atoms with Crippen molar-refractivity contribution in [2.24, 2.45) is 5.92 Å². The van der Waals surface area contributed by atoms with Gasteiger partial charge in [0.1, 0.15) is 6.04 Å². The number of ether oxygens (including phenoxy) is 1. The van der Waals surface area contributed by atoms with Gasteiger partial charge in [0.15, 0.2) is 0 Å². The summed E-state index contributed by atoms with van der Waals surface area (Å²) in [7, 11) is 0. The van der Waals surface area contributed by atoms with Crippen LogP contribution in [0.25, 0.3) is 0 Å². The lowest BCUT2D eigenvalue weighted by molar-refractivity contribution is -0.152. The predicted molar refractivity (Wildman–Crippen MR) is 80.4 cm³/mol. The van der Waals surface area contributed by atoms with E-state index in [0.29, 0.717) is 12.5 Å². The van der Waals surface area contributed by atoms with Crippen molar-refractivity contribution >= 4 is 5.97 Å². The molecule has 0 aliphatic carbocycles. The van der Waals surface area contributed by atoms with Crippen molar-refractivity contribution in [1.82, 2.24) is 4.90 Å². The number of hydrogen-bond donors (Lipinski definition) is 0. The van der Waals surface area contributed by atoms with E-state index >= 15 is 0 Å². The molecule has 3 heteroatoms. The predicted octanol–water partition coefficient (Wildman–Crippen LogP) is 3.41. The van der Waals surface area contributed by atoms with Gasteiger partial charge < -0.3 is 4.74 Å². The van der Waals surface area contributed by atoms with Crippen LogP contribution in [0.4, 0.5) is 0 Å². The monoisotopic (exact) mass is 275 g/mol. The van der Waals surface area contributed by atoms with Gasteiger partial charge in [-0.05, 0) is 37.4 Å². The Kier molecular flexibility index (Phi) is 5.60. The standard InChI is InChI=1S/C17H25NO2/c1-14(2)13-20-17(19)16(15-9-5-3-6-10-15)18-11-7-4-8-12-18/h3,5-6,9-10,14,16H,4,7-8,11-13H2,1-2H3/t16-/m1/s1. The van der Waals surface area contributed by atoms with Crippen LogP contribution in [0, 0.1) is 5.92 Å². The largest absolute Gasteiger partial charge is 0.464 e. The molecule has 1 aromatic carbocycles. The Morgan fingerprint density at radius 3 is 2.40 bits per heavy atom. The minimum atomic E-state index is -0.241. The molecular formula is C17H25NO2. The minimum Gasteiger partial charge on any atom is -0.464 e. The molecule has 0 aromatic heterocycles. The highest BCUT2D eigenvalue weighted by Gasteiger charge is 2.29. The van der Waals surface area contributed by atoms with Crippen molar-refractivity contribution in [3.05, 3.63) is 35.9 Å². The Hall–Kier alpha value is -1.35. The van der Waals surface area contributed by atoms with Gasteiger partial charge in [0.25, 0.3) is 0 Å². The molecule has 3 nitrogen and oxygen atoms in total. The second-order valence-corrected chi connectivity index (χ2v) is 5.93. The molecule has 110 valence electrons. The number of likely N-dealkylation sites (tertiary alicyclic amines) is 1. The maximum Gasteiger partial charge on any atom is 0.328 e. The minimum absolute atomic E-state index is 0.105. The van der Waals surface area contributed by atoms with E-state index < -0.39 is 0 Å². The van der Waals surface area contributed by atoms with Gasteiger partial charge in [0.05, 0.1) is 6.61 Å². The maximum atomic E-state index is 12.5. The highest BCUT2D eigenvalue weighted by molar-refractivity contribution is 5.77. The van der Waals surface area contributed by atoms with E-state index in [4.69, 9.17) is 4.74 Å². The number of carbonyl (C=O) groups is 1. The molecule has 0 unspecified atom stereocenters. The molecule has 1 saturated heterocycles. The molecule has 0 amide bonds. The Bertz CT molecular complexity index is 410. The summed E-state index contributed by atoms with van der Waals surface area (Å²) in [6.07, 6.45) is 3.60. The lowest BCUT2D eigenvalue weighted by Crippen LogP contribution is -2.39. The summed E-state index contributed by atoms with van der Waals surface area (Å²) >= 11 is 0. The first-order valence-corrected chi connectivity index (χ1v) is 7.64. The molecule has 0 bridgehead atoms. The average molecular weight is 275 g/mol. The van der Waals surface area contributed by atoms with E-state index in [2.05, 4.69) is 18.7 Å². The molecule has 20 heavy (non-hydrogen) atoms. The fraction of sp³-hybridized carbons (Fsp3) is 0.588. The number of piperidine rings is 1. The SMILES string of the molecule is CC(C)COC(=O)[C@@H](c1ccccc1)N1CCCCC1. The molecule has 1 aliphatic heterocycles. The molecule has 0 N–H and O–H groups in total. The molecule has 0 radical (unpaired) electrons. The van der Waals surface area contributed by atoms with Crippen LogP contribution in [-0.2, 0) is 9.53 Å². The normalized spacial score (nSPS) is 17.9. The van der Waals surface area contributed by atoms with Crippen LogP contribution in [0.5, 0.6) is 0 Å². The molecule has 1 aliphatic rings. The first-order chi connectivity index (χ1) is 9.68. The first kappa shape index (κ1) is 15.0. The van der Waals surface area contributed by atoms with Gasteiger partial charge in [-0.3, -0.25) is 4.90 Å². The molecule has 1 aromatic rings. The van der Waals surface area contributed by atoms with Crippen LogP contribution in [0.2, 0.25) is 0 Å². The third-order valence-corrected chi connectivity index (χ3v) is 3.65. The van der Waals surface area contributed by atoms with Crippen LogP contribution in [0.3, 0.4) is 0 Å². The van der Waals surface area contributed by atoms with Gasteiger partial charge in [0, 0.05) is 0 Å². The van der Waals surface area contributed by atoms with Crippen molar-refractivity contribution in [2.75, 3.05) is 19.7 Å². The summed E-state index contributed by atoms with van der Waals surface area (Å²) in [5.41, 5.74) is 1.04. The summed E-state index contributed by atoms with van der Waals surface area (Å²) in [4.78, 5) is 14.7. The molecule has 1 fully saturated rings. The van der Waals surface area contributed by atoms with Crippen LogP contribution in [0.15, 0.2) is 30.3 Å². The van der Waals surface area contributed by atoms with Crippen LogP contribution in [-0.4, -0.2) is 30.6 Å². The van der Waals surface area contributed by atoms with Crippen molar-refractivity contribution in [3.8, 4) is 0 Å². The van der Waals surface area contributed by atoms with E-state index in [1.165, 1.54) is 19.3 Å². The number of rotatable bonds is 5. The van der Waals surface area contributed by atoms with Gasteiger partial charge in [-0.25, -0.2) is 4.79 Å². The summed E-state index contributed by atoms with van der Waals surface area (Å²) in [6.45, 7) is 6.58. The topological polar surface area (TPSA) is 29.5 Å². The van der Waals surface area contributed by atoms with Gasteiger partial charge in [-0.1, -0.05) is 50.6 Å². The average Bonchev–Trinajstić information content (AvgIpc) is 2.48. The van der Waals surface area contributed by atoms with E-state index in [-0.39, 0.29) is 12.0 Å². The zero-order chi connectivity index (χ0) is 14.4. The highest BCUT2D eigenvalue weighted by Crippen LogP contribution is 2.26. The molecule has 0 saturated carbocycles. The van der Waals surface area contributed by atoms with Crippen molar-refractivity contribution in [3.63, 3.8) is 0 Å². The quantitative estimate of drug-likeness (QED) is 0.771. The highest BCUT2D eigenvalue weighted by atomic mass is 16.5. The van der Waals surface area contributed by atoms with Gasteiger partial charge in [0.2, 0.25) is 0 Å². The number of benzene rings is 1. The fourth-order valence-corrected chi connectivity index (χ4v) is 2.64. The third kappa shape index (κ3) is 4.07.